The normalized spacial score (nSPS) is 12.5. The van der Waals surface area contributed by atoms with E-state index in [1.165, 1.54) is 11.3 Å². The number of rotatable bonds is 9. The zero-order chi connectivity index (χ0) is 23.3. The van der Waals surface area contributed by atoms with Crippen molar-refractivity contribution in [2.24, 2.45) is 0 Å². The van der Waals surface area contributed by atoms with Crippen LogP contribution < -0.4 is 10.6 Å². The van der Waals surface area contributed by atoms with E-state index in [2.05, 4.69) is 16.7 Å². The van der Waals surface area contributed by atoms with Crippen LogP contribution in [0, 0.1) is 28.8 Å². The van der Waals surface area contributed by atoms with E-state index in [0.29, 0.717) is 23.5 Å². The van der Waals surface area contributed by atoms with Crippen LogP contribution in [0.15, 0.2) is 12.1 Å². The summed E-state index contributed by atoms with van der Waals surface area (Å²) in [5, 5.41) is 15.0. The highest BCUT2D eigenvalue weighted by Gasteiger charge is 2.23. The van der Waals surface area contributed by atoms with Gasteiger partial charge in [-0.2, -0.15) is 5.26 Å². The number of carbonyl (C=O) groups is 2. The molecule has 0 aliphatic heterocycles. The molecular formula is C22H23F3N4O2S. The molecule has 0 saturated heterocycles. The van der Waals surface area contributed by atoms with E-state index in [0.717, 1.165) is 41.8 Å². The molecule has 1 heterocycles. The predicted molar refractivity (Wildman–Crippen MR) is 116 cm³/mol. The fourth-order valence-corrected chi connectivity index (χ4v) is 4.92. The van der Waals surface area contributed by atoms with Gasteiger partial charge in [0.05, 0.1) is 17.8 Å². The number of fused-ring (bicyclic) bond motifs is 1. The van der Waals surface area contributed by atoms with Gasteiger partial charge in [-0.25, -0.2) is 13.2 Å². The minimum atomic E-state index is -1.65. The summed E-state index contributed by atoms with van der Waals surface area (Å²) in [6, 6.07) is 3.87. The molecule has 0 fully saturated rings. The molecule has 6 nitrogen and oxygen atoms in total. The zero-order valence-electron chi connectivity index (χ0n) is 17.6. The molecule has 1 aliphatic carbocycles. The number of benzene rings is 1. The van der Waals surface area contributed by atoms with Gasteiger partial charge in [0.2, 0.25) is 11.8 Å². The molecule has 0 radical (unpaired) electrons. The number of hydrogen-bond donors (Lipinski definition) is 2. The van der Waals surface area contributed by atoms with Crippen molar-refractivity contribution in [2.75, 3.05) is 30.3 Å². The molecule has 0 unspecified atom stereocenters. The van der Waals surface area contributed by atoms with E-state index in [1.807, 2.05) is 6.92 Å². The van der Waals surface area contributed by atoms with E-state index < -0.39 is 29.0 Å². The molecule has 1 aromatic heterocycles. The quantitative estimate of drug-likeness (QED) is 0.545. The monoisotopic (exact) mass is 464 g/mol. The lowest BCUT2D eigenvalue weighted by Crippen LogP contribution is -2.36. The Morgan fingerprint density at radius 1 is 1.12 bits per heavy atom. The number of nitrogens with one attached hydrogen (secondary N) is 2. The highest BCUT2D eigenvalue weighted by molar-refractivity contribution is 7.16. The number of carbonyl (C=O) groups excluding carboxylic acids is 2. The lowest BCUT2D eigenvalue weighted by Gasteiger charge is -2.21. The van der Waals surface area contributed by atoms with Gasteiger partial charge in [0, 0.05) is 17.8 Å². The Hall–Kier alpha value is -2.90. The number of hydrogen-bond acceptors (Lipinski definition) is 5. The van der Waals surface area contributed by atoms with Crippen molar-refractivity contribution in [2.45, 2.75) is 39.0 Å². The number of amides is 2. The Kier molecular flexibility index (Phi) is 7.88. The van der Waals surface area contributed by atoms with Gasteiger partial charge in [0.1, 0.15) is 11.1 Å². The second-order valence-electron chi connectivity index (χ2n) is 7.52. The molecule has 0 atom stereocenters. The van der Waals surface area contributed by atoms with Crippen LogP contribution >= 0.6 is 11.3 Å². The summed E-state index contributed by atoms with van der Waals surface area (Å²) >= 11 is 1.44. The maximum Gasteiger partial charge on any atom is 0.238 e. The van der Waals surface area contributed by atoms with Crippen LogP contribution in [0.1, 0.15) is 42.2 Å². The molecule has 1 aliphatic rings. The minimum absolute atomic E-state index is 0.0975. The maximum atomic E-state index is 13.8. The molecule has 2 aromatic rings. The van der Waals surface area contributed by atoms with Gasteiger partial charge in [0.25, 0.3) is 0 Å². The van der Waals surface area contributed by atoms with E-state index >= 15 is 0 Å². The van der Waals surface area contributed by atoms with E-state index in [9.17, 15) is 28.0 Å². The SMILES string of the molecule is CCCN(CCC(=O)Nc1sc2c(c1C#N)CCC2)CC(=O)Nc1ccc(F)c(F)c1F. The molecule has 3 rings (SSSR count). The Bertz CT molecular complexity index is 1060. The Morgan fingerprint density at radius 2 is 1.91 bits per heavy atom. The number of thiophene rings is 1. The van der Waals surface area contributed by atoms with Crippen molar-refractivity contribution in [3.8, 4) is 6.07 Å². The summed E-state index contributed by atoms with van der Waals surface area (Å²) in [5.41, 5.74) is 1.12. The highest BCUT2D eigenvalue weighted by atomic mass is 32.1. The molecular weight excluding hydrogens is 441 g/mol. The molecule has 32 heavy (non-hydrogen) atoms. The van der Waals surface area contributed by atoms with Crippen LogP contribution in [-0.2, 0) is 22.4 Å². The van der Waals surface area contributed by atoms with Crippen LogP contribution in [0.4, 0.5) is 23.9 Å². The summed E-state index contributed by atoms with van der Waals surface area (Å²) in [5.74, 6) is -5.33. The Balaban J connectivity index is 1.55. The van der Waals surface area contributed by atoms with Crippen molar-refractivity contribution in [3.05, 3.63) is 45.6 Å². The van der Waals surface area contributed by atoms with E-state index in [-0.39, 0.29) is 25.4 Å². The van der Waals surface area contributed by atoms with Gasteiger partial charge in [-0.05, 0) is 49.9 Å². The maximum absolute atomic E-state index is 13.8. The van der Waals surface area contributed by atoms with Crippen LogP contribution in [0.25, 0.3) is 0 Å². The van der Waals surface area contributed by atoms with Gasteiger partial charge in [-0.1, -0.05) is 6.92 Å². The fourth-order valence-electron chi connectivity index (χ4n) is 3.66. The van der Waals surface area contributed by atoms with Crippen molar-refractivity contribution < 1.29 is 22.8 Å². The van der Waals surface area contributed by atoms with Gasteiger partial charge in [-0.3, -0.25) is 14.5 Å². The standard InChI is InChI=1S/C22H23F3N4O2S/c1-2-9-29(12-19(31)27-16-7-6-15(23)20(24)21(16)25)10-8-18(30)28-22-14(11-26)13-4-3-5-17(13)32-22/h6-7H,2-5,8-10,12H2,1H3,(H,27,31)(H,28,30). The molecule has 0 saturated carbocycles. The van der Waals surface area contributed by atoms with Crippen molar-refractivity contribution in [1.82, 2.24) is 4.90 Å². The Labute approximate surface area is 188 Å². The first kappa shape index (κ1) is 23.8. The summed E-state index contributed by atoms with van der Waals surface area (Å²) in [4.78, 5) is 27.6. The Morgan fingerprint density at radius 3 is 2.62 bits per heavy atom. The summed E-state index contributed by atoms with van der Waals surface area (Å²) < 4.78 is 40.2. The molecule has 0 spiro atoms. The van der Waals surface area contributed by atoms with E-state index in [1.54, 1.807) is 4.90 Å². The molecule has 2 N–H and O–H groups in total. The second kappa shape index (κ2) is 10.6. The van der Waals surface area contributed by atoms with Crippen molar-refractivity contribution in [3.63, 3.8) is 0 Å². The van der Waals surface area contributed by atoms with Crippen LogP contribution in [0.5, 0.6) is 0 Å². The third-order valence-corrected chi connectivity index (χ3v) is 6.36. The smallest absolute Gasteiger partial charge is 0.238 e. The fraction of sp³-hybridized carbons (Fsp3) is 0.409. The highest BCUT2D eigenvalue weighted by Crippen LogP contribution is 2.38. The third kappa shape index (κ3) is 5.47. The van der Waals surface area contributed by atoms with Gasteiger partial charge in [0.15, 0.2) is 17.5 Å². The number of aryl methyl sites for hydroxylation is 1. The van der Waals surface area contributed by atoms with Gasteiger partial charge < -0.3 is 10.6 Å². The first-order chi connectivity index (χ1) is 15.3. The summed E-state index contributed by atoms with van der Waals surface area (Å²) in [7, 11) is 0. The minimum Gasteiger partial charge on any atom is -0.322 e. The van der Waals surface area contributed by atoms with Crippen LogP contribution in [0.3, 0.4) is 0 Å². The second-order valence-corrected chi connectivity index (χ2v) is 8.62. The number of nitriles is 1. The largest absolute Gasteiger partial charge is 0.322 e. The van der Waals surface area contributed by atoms with Crippen molar-refractivity contribution >= 4 is 33.8 Å². The average Bonchev–Trinajstić information content (AvgIpc) is 3.33. The molecule has 170 valence electrons. The zero-order valence-corrected chi connectivity index (χ0v) is 18.4. The van der Waals surface area contributed by atoms with Gasteiger partial charge in [-0.15, -0.1) is 11.3 Å². The topological polar surface area (TPSA) is 85.2 Å². The molecule has 2 amide bonds. The van der Waals surface area contributed by atoms with E-state index in [4.69, 9.17) is 0 Å². The van der Waals surface area contributed by atoms with Gasteiger partial charge >= 0.3 is 0 Å². The molecule has 10 heteroatoms. The lowest BCUT2D eigenvalue weighted by molar-refractivity contribution is -0.119. The number of anilines is 2. The first-order valence-electron chi connectivity index (χ1n) is 10.3. The predicted octanol–water partition coefficient (Wildman–Crippen LogP) is 4.21. The van der Waals surface area contributed by atoms with Crippen molar-refractivity contribution in [1.29, 1.82) is 5.26 Å². The molecule has 1 aromatic carbocycles. The lowest BCUT2D eigenvalue weighted by atomic mass is 10.1. The summed E-state index contributed by atoms with van der Waals surface area (Å²) in [6.07, 6.45) is 3.60. The van der Waals surface area contributed by atoms with Crippen LogP contribution in [0.2, 0.25) is 0 Å². The molecule has 0 bridgehead atoms. The first-order valence-corrected chi connectivity index (χ1v) is 11.2. The third-order valence-electron chi connectivity index (χ3n) is 5.16. The average molecular weight is 465 g/mol. The number of halogens is 3. The van der Waals surface area contributed by atoms with Crippen LogP contribution in [-0.4, -0.2) is 36.3 Å². The summed E-state index contributed by atoms with van der Waals surface area (Å²) in [6.45, 7) is 2.54. The number of nitrogens with zero attached hydrogens (tertiary/aromatic N) is 2.